The fourth-order valence-electron chi connectivity index (χ4n) is 2.97. The fraction of sp³-hybridized carbons (Fsp3) is 0.647. The second-order valence-corrected chi connectivity index (χ2v) is 5.13. The zero-order valence-corrected chi connectivity index (χ0v) is 11.5. The lowest BCUT2D eigenvalue weighted by Gasteiger charge is -2.20. The van der Waals surface area contributed by atoms with E-state index in [1.54, 1.807) is 0 Å². The minimum atomic E-state index is 0.842. The Morgan fingerprint density at radius 3 is 1.65 bits per heavy atom. The lowest BCUT2D eigenvalue weighted by Crippen LogP contribution is -2.09. The van der Waals surface area contributed by atoms with Gasteiger partial charge in [-0.05, 0) is 61.5 Å². The van der Waals surface area contributed by atoms with Gasteiger partial charge in [-0.2, -0.15) is 0 Å². The summed E-state index contributed by atoms with van der Waals surface area (Å²) in [6.45, 7) is 12.0. The van der Waals surface area contributed by atoms with Crippen LogP contribution in [-0.4, -0.2) is 0 Å². The molecule has 2 atom stereocenters. The highest BCUT2D eigenvalue weighted by Crippen LogP contribution is 2.40. The Hall–Kier alpha value is -0.960. The zero-order valence-electron chi connectivity index (χ0n) is 11.5. The van der Waals surface area contributed by atoms with Crippen molar-refractivity contribution in [1.82, 2.24) is 0 Å². The van der Waals surface area contributed by atoms with Crippen molar-refractivity contribution in [3.63, 3.8) is 0 Å². The van der Waals surface area contributed by atoms with E-state index < -0.39 is 0 Å². The van der Waals surface area contributed by atoms with Crippen molar-refractivity contribution >= 4 is 0 Å². The highest BCUT2D eigenvalue weighted by atomic mass is 14.3. The van der Waals surface area contributed by atoms with Crippen LogP contribution in [0, 0.1) is 11.8 Å². The van der Waals surface area contributed by atoms with Gasteiger partial charge < -0.3 is 0 Å². The second-order valence-electron chi connectivity index (χ2n) is 5.13. The highest BCUT2D eigenvalue weighted by Gasteiger charge is 2.27. The van der Waals surface area contributed by atoms with E-state index in [-0.39, 0.29) is 0 Å². The Morgan fingerprint density at radius 1 is 0.941 bits per heavy atom. The van der Waals surface area contributed by atoms with Crippen molar-refractivity contribution in [3.05, 3.63) is 35.8 Å². The molecule has 0 aromatic heterocycles. The molecule has 1 aliphatic rings. The molecule has 0 N–H and O–H groups in total. The maximum absolute atomic E-state index is 3.80. The molecular weight excluding hydrogens is 204 g/mol. The van der Waals surface area contributed by atoms with E-state index in [1.165, 1.54) is 43.3 Å². The third-order valence-corrected chi connectivity index (χ3v) is 4.19. The van der Waals surface area contributed by atoms with E-state index in [0.717, 1.165) is 24.7 Å². The molecule has 1 rings (SSSR count). The fourth-order valence-corrected chi connectivity index (χ4v) is 2.97. The Kier molecular flexibility index (Phi) is 6.12. The maximum atomic E-state index is 3.80. The molecule has 17 heavy (non-hydrogen) atoms. The van der Waals surface area contributed by atoms with Crippen LogP contribution in [0.15, 0.2) is 35.8 Å². The number of hydrogen-bond donors (Lipinski definition) is 0. The number of hydrogen-bond acceptors (Lipinski definition) is 0. The third kappa shape index (κ3) is 4.08. The molecular formula is C17H26. The molecule has 0 amide bonds. The Bertz CT molecular complexity index is 301. The molecule has 0 aliphatic heterocycles. The van der Waals surface area contributed by atoms with Crippen LogP contribution in [0.5, 0.6) is 0 Å². The summed E-state index contributed by atoms with van der Waals surface area (Å²) >= 11 is 0. The summed E-state index contributed by atoms with van der Waals surface area (Å²) in [5, 5.41) is 0. The van der Waals surface area contributed by atoms with Crippen molar-refractivity contribution in [2.45, 2.75) is 58.8 Å². The van der Waals surface area contributed by atoms with Gasteiger partial charge >= 0.3 is 0 Å². The third-order valence-electron chi connectivity index (χ3n) is 4.19. The topological polar surface area (TPSA) is 0 Å². The summed E-state index contributed by atoms with van der Waals surface area (Å²) in [7, 11) is 0. The lowest BCUT2D eigenvalue weighted by molar-refractivity contribution is 0.377. The van der Waals surface area contributed by atoms with Gasteiger partial charge in [0.05, 0.1) is 0 Å². The van der Waals surface area contributed by atoms with Crippen LogP contribution in [0.2, 0.25) is 0 Å². The van der Waals surface area contributed by atoms with E-state index >= 15 is 0 Å². The molecule has 0 unspecified atom stereocenters. The van der Waals surface area contributed by atoms with Crippen LogP contribution in [0.3, 0.4) is 0 Å². The summed E-state index contributed by atoms with van der Waals surface area (Å²) < 4.78 is 0. The van der Waals surface area contributed by atoms with Gasteiger partial charge in [0.15, 0.2) is 0 Å². The van der Waals surface area contributed by atoms with Crippen LogP contribution in [-0.2, 0) is 0 Å². The molecule has 0 heteroatoms. The first-order valence-electron chi connectivity index (χ1n) is 7.00. The van der Waals surface area contributed by atoms with Crippen molar-refractivity contribution in [1.29, 1.82) is 0 Å². The van der Waals surface area contributed by atoms with Crippen LogP contribution in [0.1, 0.15) is 58.8 Å². The molecule has 1 saturated carbocycles. The molecule has 0 nitrogen and oxygen atoms in total. The van der Waals surface area contributed by atoms with Gasteiger partial charge in [-0.1, -0.05) is 33.4 Å². The quantitative estimate of drug-likeness (QED) is 0.534. The molecule has 1 fully saturated rings. The molecule has 0 spiro atoms. The summed E-state index contributed by atoms with van der Waals surface area (Å²) in [5.41, 5.74) is 9.03. The molecule has 0 aromatic carbocycles. The van der Waals surface area contributed by atoms with E-state index in [9.17, 15) is 0 Å². The lowest BCUT2D eigenvalue weighted by atomic mass is 9.84. The van der Waals surface area contributed by atoms with Crippen molar-refractivity contribution in [3.8, 4) is 0 Å². The Balaban J connectivity index is 2.60. The van der Waals surface area contributed by atoms with Crippen LogP contribution < -0.4 is 0 Å². The van der Waals surface area contributed by atoms with Gasteiger partial charge in [0.1, 0.15) is 0 Å². The normalized spacial score (nSPS) is 22.9. The summed E-state index contributed by atoms with van der Waals surface area (Å²) in [6, 6.07) is 0. The van der Waals surface area contributed by atoms with Crippen molar-refractivity contribution in [2.75, 3.05) is 0 Å². The van der Waals surface area contributed by atoms with Gasteiger partial charge in [0, 0.05) is 0 Å². The summed E-state index contributed by atoms with van der Waals surface area (Å²) in [6.07, 6.45) is 8.76. The van der Waals surface area contributed by atoms with Gasteiger partial charge in [0.25, 0.3) is 0 Å². The first kappa shape index (κ1) is 14.1. The Labute approximate surface area is 107 Å². The monoisotopic (exact) mass is 230 g/mol. The van der Waals surface area contributed by atoms with E-state index in [4.69, 9.17) is 0 Å². The second kappa shape index (κ2) is 7.38. The Morgan fingerprint density at radius 2 is 1.35 bits per heavy atom. The zero-order chi connectivity index (χ0) is 12.7. The average Bonchev–Trinajstić information content (AvgIpc) is 2.80. The largest absolute Gasteiger partial charge is 0.130 e. The number of allylic oxidation sites excluding steroid dienone is 2. The van der Waals surface area contributed by atoms with Gasteiger partial charge in [-0.3, -0.25) is 0 Å². The maximum Gasteiger partial charge on any atom is -0.0213 e. The van der Waals surface area contributed by atoms with Gasteiger partial charge in [-0.25, -0.2) is 0 Å². The first-order chi connectivity index (χ1) is 8.24. The molecule has 0 aromatic rings. The van der Waals surface area contributed by atoms with Crippen LogP contribution in [0.4, 0.5) is 0 Å². The smallest absolute Gasteiger partial charge is 0.0213 e. The standard InChI is InChI=1S/C17H26/c1-5-14(6-2)12-16-10-9-11-17(16)13-15(7-3)8-4/h16-17H,1,3,6,8-13H2,2,4H3/t16-,17-/m0/s1. The van der Waals surface area contributed by atoms with E-state index in [0.29, 0.717) is 0 Å². The molecule has 0 radical (unpaired) electrons. The van der Waals surface area contributed by atoms with Crippen LogP contribution >= 0.6 is 0 Å². The summed E-state index contributed by atoms with van der Waals surface area (Å²) in [4.78, 5) is 0. The van der Waals surface area contributed by atoms with Gasteiger partial charge in [0.2, 0.25) is 0 Å². The molecule has 0 saturated heterocycles. The highest BCUT2D eigenvalue weighted by molar-refractivity contribution is 5.05. The molecule has 0 bridgehead atoms. The van der Waals surface area contributed by atoms with Crippen molar-refractivity contribution in [2.24, 2.45) is 11.8 Å². The minimum Gasteiger partial charge on any atom is -0.130 e. The van der Waals surface area contributed by atoms with Gasteiger partial charge in [-0.15, -0.1) is 11.5 Å². The SMILES string of the molecule is C=C=C(CC)C[C@@H]1CCC[C@H]1CC(=C=C)CC. The molecule has 1 aliphatic carbocycles. The summed E-state index contributed by atoms with van der Waals surface area (Å²) in [5.74, 6) is 1.68. The molecule has 0 heterocycles. The minimum absolute atomic E-state index is 0.842. The van der Waals surface area contributed by atoms with Crippen LogP contribution in [0.25, 0.3) is 0 Å². The van der Waals surface area contributed by atoms with E-state index in [1.807, 2.05) is 0 Å². The predicted molar refractivity (Wildman–Crippen MR) is 76.0 cm³/mol. The predicted octanol–water partition coefficient (Wildman–Crippen LogP) is 5.43. The average molecular weight is 230 g/mol. The number of rotatable bonds is 6. The molecule has 94 valence electrons. The van der Waals surface area contributed by atoms with Crippen molar-refractivity contribution < 1.29 is 0 Å². The van der Waals surface area contributed by atoms with E-state index in [2.05, 4.69) is 38.5 Å². The first-order valence-corrected chi connectivity index (χ1v) is 7.00.